The summed E-state index contributed by atoms with van der Waals surface area (Å²) < 4.78 is 9.90. The van der Waals surface area contributed by atoms with Gasteiger partial charge >= 0.3 is 5.97 Å². The maximum absolute atomic E-state index is 11.0. The van der Waals surface area contributed by atoms with Crippen molar-refractivity contribution >= 4 is 29.3 Å². The van der Waals surface area contributed by atoms with Gasteiger partial charge < -0.3 is 9.47 Å². The van der Waals surface area contributed by atoms with Crippen LogP contribution in [0.2, 0.25) is 0 Å². The second-order valence-electron chi connectivity index (χ2n) is 3.59. The molecule has 0 spiro atoms. The molecule has 0 aliphatic carbocycles. The third kappa shape index (κ3) is 6.15. The third-order valence-corrected chi connectivity index (χ3v) is 2.34. The highest BCUT2D eigenvalue weighted by Gasteiger charge is 2.00. The van der Waals surface area contributed by atoms with Gasteiger partial charge in [0.05, 0.1) is 0 Å². The van der Waals surface area contributed by atoms with Crippen molar-refractivity contribution in [2.24, 2.45) is 0 Å². The van der Waals surface area contributed by atoms with Crippen molar-refractivity contribution in [1.29, 1.82) is 0 Å². The summed E-state index contributed by atoms with van der Waals surface area (Å²) in [5.41, 5.74) is 1.03. The molecule has 1 aromatic carbocycles. The number of thiocarbonyl (C=S) groups is 1. The number of ether oxygens (including phenoxy) is 2. The summed E-state index contributed by atoms with van der Waals surface area (Å²) in [5.74, 6) is -0.271. The lowest BCUT2D eigenvalue weighted by molar-refractivity contribution is -0.150. The Morgan fingerprint density at radius 2 is 2.00 bits per heavy atom. The van der Waals surface area contributed by atoms with E-state index in [4.69, 9.17) is 21.7 Å². The number of hydrogen-bond acceptors (Lipinski definition) is 4. The van der Waals surface area contributed by atoms with Crippen molar-refractivity contribution in [3.05, 3.63) is 42.0 Å². The lowest BCUT2D eigenvalue weighted by Gasteiger charge is -2.05. The van der Waals surface area contributed by atoms with E-state index >= 15 is 0 Å². The van der Waals surface area contributed by atoms with Gasteiger partial charge in [0.25, 0.3) is 0 Å². The van der Waals surface area contributed by atoms with E-state index in [9.17, 15) is 4.79 Å². The van der Waals surface area contributed by atoms with Crippen LogP contribution in [0, 0.1) is 0 Å². The average molecular weight is 264 g/mol. The monoisotopic (exact) mass is 264 g/mol. The lowest BCUT2D eigenvalue weighted by atomic mass is 10.2. The summed E-state index contributed by atoms with van der Waals surface area (Å²) in [6.45, 7) is 1.78. The number of carbonyl (C=O) groups is 1. The quantitative estimate of drug-likeness (QED) is 0.342. The number of carbonyl (C=O) groups excluding carboxylic acids is 1. The highest BCUT2D eigenvalue weighted by Crippen LogP contribution is 2.02. The fourth-order valence-corrected chi connectivity index (χ4v) is 1.32. The van der Waals surface area contributed by atoms with Crippen LogP contribution < -0.4 is 0 Å². The largest absolute Gasteiger partial charge is 0.447 e. The SMILES string of the molecule is CCCC(=O)OCOC(=S)C=Cc1ccccc1. The van der Waals surface area contributed by atoms with Crippen LogP contribution in [0.25, 0.3) is 6.08 Å². The molecular formula is C14H16O3S. The summed E-state index contributed by atoms with van der Waals surface area (Å²) in [6, 6.07) is 9.74. The molecule has 0 aromatic heterocycles. The molecule has 0 radical (unpaired) electrons. The summed E-state index contributed by atoms with van der Waals surface area (Å²) in [4.78, 5) is 11.0. The predicted octanol–water partition coefficient (Wildman–Crippen LogP) is 3.34. The van der Waals surface area contributed by atoms with E-state index in [0.717, 1.165) is 12.0 Å². The normalized spacial score (nSPS) is 10.3. The van der Waals surface area contributed by atoms with E-state index in [1.54, 1.807) is 6.08 Å². The molecule has 0 saturated carbocycles. The summed E-state index contributed by atoms with van der Waals surface area (Å²) >= 11 is 4.97. The van der Waals surface area contributed by atoms with Crippen LogP contribution in [-0.2, 0) is 14.3 Å². The molecule has 0 aliphatic rings. The van der Waals surface area contributed by atoms with Gasteiger partial charge in [-0.25, -0.2) is 0 Å². The number of hydrogen-bond donors (Lipinski definition) is 0. The fourth-order valence-electron chi connectivity index (χ4n) is 1.21. The minimum atomic E-state index is -0.271. The zero-order valence-electron chi connectivity index (χ0n) is 10.3. The molecule has 0 aliphatic heterocycles. The smallest absolute Gasteiger partial charge is 0.308 e. The minimum absolute atomic E-state index is 0.128. The first-order chi connectivity index (χ1) is 8.72. The zero-order chi connectivity index (χ0) is 13.2. The Morgan fingerprint density at radius 1 is 1.28 bits per heavy atom. The number of rotatable bonds is 6. The molecule has 0 atom stereocenters. The molecule has 4 heteroatoms. The molecule has 0 heterocycles. The van der Waals surface area contributed by atoms with E-state index in [-0.39, 0.29) is 12.8 Å². The molecule has 18 heavy (non-hydrogen) atoms. The zero-order valence-corrected chi connectivity index (χ0v) is 11.1. The topological polar surface area (TPSA) is 35.5 Å². The Balaban J connectivity index is 2.26. The van der Waals surface area contributed by atoms with Gasteiger partial charge in [0.1, 0.15) is 0 Å². The van der Waals surface area contributed by atoms with Gasteiger partial charge in [0, 0.05) is 6.42 Å². The molecule has 0 fully saturated rings. The maximum atomic E-state index is 11.0. The molecule has 0 amide bonds. The van der Waals surface area contributed by atoms with Gasteiger partial charge in [-0.05, 0) is 30.3 Å². The Hall–Kier alpha value is -1.68. The number of esters is 1. The van der Waals surface area contributed by atoms with E-state index in [1.807, 2.05) is 43.3 Å². The molecule has 3 nitrogen and oxygen atoms in total. The van der Waals surface area contributed by atoms with Gasteiger partial charge in [-0.3, -0.25) is 4.79 Å². The summed E-state index contributed by atoms with van der Waals surface area (Å²) in [5, 5.41) is 0.295. The number of benzene rings is 1. The van der Waals surface area contributed by atoms with Crippen molar-refractivity contribution in [2.45, 2.75) is 19.8 Å². The second-order valence-corrected chi connectivity index (χ2v) is 3.99. The summed E-state index contributed by atoms with van der Waals surface area (Å²) in [7, 11) is 0. The van der Waals surface area contributed by atoms with Gasteiger partial charge in [0.2, 0.25) is 6.79 Å². The van der Waals surface area contributed by atoms with Crippen molar-refractivity contribution in [3.63, 3.8) is 0 Å². The molecule has 0 bridgehead atoms. The van der Waals surface area contributed by atoms with Gasteiger partial charge in [-0.15, -0.1) is 0 Å². The molecule has 96 valence electrons. The van der Waals surface area contributed by atoms with Crippen molar-refractivity contribution < 1.29 is 14.3 Å². The molecular weight excluding hydrogens is 248 g/mol. The van der Waals surface area contributed by atoms with E-state index in [0.29, 0.717) is 11.5 Å². The van der Waals surface area contributed by atoms with E-state index in [1.165, 1.54) is 0 Å². The Kier molecular flexibility index (Phi) is 6.72. The van der Waals surface area contributed by atoms with Crippen LogP contribution >= 0.6 is 12.2 Å². The first-order valence-electron chi connectivity index (χ1n) is 5.78. The van der Waals surface area contributed by atoms with Gasteiger partial charge in [-0.1, -0.05) is 43.3 Å². The van der Waals surface area contributed by atoms with Crippen LogP contribution in [-0.4, -0.2) is 17.8 Å². The molecule has 1 rings (SSSR count). The molecule has 0 saturated heterocycles. The average Bonchev–Trinajstić information content (AvgIpc) is 2.38. The van der Waals surface area contributed by atoms with E-state index in [2.05, 4.69) is 0 Å². The van der Waals surface area contributed by atoms with Crippen molar-refractivity contribution in [2.75, 3.05) is 6.79 Å². The minimum Gasteiger partial charge on any atom is -0.447 e. The van der Waals surface area contributed by atoms with Crippen molar-refractivity contribution in [1.82, 2.24) is 0 Å². The maximum Gasteiger partial charge on any atom is 0.308 e. The highest BCUT2D eigenvalue weighted by molar-refractivity contribution is 7.80. The fraction of sp³-hybridized carbons (Fsp3) is 0.286. The molecule has 0 unspecified atom stereocenters. The van der Waals surface area contributed by atoms with Crippen LogP contribution in [0.1, 0.15) is 25.3 Å². The molecule has 1 aromatic rings. The van der Waals surface area contributed by atoms with Crippen LogP contribution in [0.4, 0.5) is 0 Å². The van der Waals surface area contributed by atoms with Crippen molar-refractivity contribution in [3.8, 4) is 0 Å². The molecule has 0 N–H and O–H groups in total. The summed E-state index contributed by atoms with van der Waals surface area (Å²) in [6.07, 6.45) is 4.67. The van der Waals surface area contributed by atoms with Crippen LogP contribution in [0.3, 0.4) is 0 Å². The van der Waals surface area contributed by atoms with Gasteiger partial charge in [0.15, 0.2) is 5.05 Å². The lowest BCUT2D eigenvalue weighted by Crippen LogP contribution is -2.09. The van der Waals surface area contributed by atoms with Crippen LogP contribution in [0.15, 0.2) is 36.4 Å². The Bertz CT molecular complexity index is 412. The first-order valence-corrected chi connectivity index (χ1v) is 6.18. The Morgan fingerprint density at radius 3 is 2.67 bits per heavy atom. The van der Waals surface area contributed by atoms with Gasteiger partial charge in [-0.2, -0.15) is 0 Å². The second kappa shape index (κ2) is 8.42. The highest BCUT2D eigenvalue weighted by atomic mass is 32.1. The third-order valence-electron chi connectivity index (χ3n) is 2.09. The predicted molar refractivity (Wildman–Crippen MR) is 75.0 cm³/mol. The first kappa shape index (κ1) is 14.4. The standard InChI is InChI=1S/C14H16O3S/c1-2-6-13(15)16-11-17-14(18)10-9-12-7-4-3-5-8-12/h3-5,7-10H,2,6,11H2,1H3. The van der Waals surface area contributed by atoms with E-state index < -0.39 is 0 Å². The van der Waals surface area contributed by atoms with Crippen LogP contribution in [0.5, 0.6) is 0 Å². The Labute approximate surface area is 112 Å².